The Morgan fingerprint density at radius 3 is 2.57 bits per heavy atom. The van der Waals surface area contributed by atoms with Gasteiger partial charge in [0.25, 0.3) is 0 Å². The van der Waals surface area contributed by atoms with Crippen LogP contribution in [0.3, 0.4) is 0 Å². The first-order chi connectivity index (χ1) is 10.3. The van der Waals surface area contributed by atoms with Gasteiger partial charge in [-0.1, -0.05) is 0 Å². The first-order valence-corrected chi connectivity index (χ1v) is 8.01. The van der Waals surface area contributed by atoms with Crippen molar-refractivity contribution in [3.63, 3.8) is 0 Å². The number of rotatable bonds is 3. The fourth-order valence-corrected chi connectivity index (χ4v) is 3.44. The van der Waals surface area contributed by atoms with Crippen molar-refractivity contribution in [3.05, 3.63) is 53.4 Å². The largest absolute Gasteiger partial charge is 0.264 e. The summed E-state index contributed by atoms with van der Waals surface area (Å²) in [7, 11) is 0. The van der Waals surface area contributed by atoms with Crippen molar-refractivity contribution < 1.29 is 0 Å². The third-order valence-electron chi connectivity index (χ3n) is 3.92. The zero-order chi connectivity index (χ0) is 14.2. The van der Waals surface area contributed by atoms with Gasteiger partial charge < -0.3 is 0 Å². The zero-order valence-corrected chi connectivity index (χ0v) is 12.6. The van der Waals surface area contributed by atoms with Crippen LogP contribution in [0.5, 0.6) is 0 Å². The summed E-state index contributed by atoms with van der Waals surface area (Å²) in [6.45, 7) is 2.09. The number of aryl methyl sites for hydroxylation is 1. The minimum Gasteiger partial charge on any atom is -0.264 e. The molecule has 21 heavy (non-hydrogen) atoms. The second kappa shape index (κ2) is 5.04. The second-order valence-corrected chi connectivity index (χ2v) is 6.32. The molecule has 3 heterocycles. The van der Waals surface area contributed by atoms with Crippen molar-refractivity contribution in [1.82, 2.24) is 15.0 Å². The van der Waals surface area contributed by atoms with Gasteiger partial charge in [-0.2, -0.15) is 0 Å². The molecule has 0 unspecified atom stereocenters. The van der Waals surface area contributed by atoms with Crippen LogP contribution in [0.4, 0.5) is 0 Å². The molecule has 0 N–H and O–H groups in total. The number of nitrogens with zero attached hydrogens (tertiary/aromatic N) is 3. The molecule has 0 radical (unpaired) electrons. The molecular formula is C17H15N3S. The number of thiazole rings is 1. The first-order valence-electron chi connectivity index (χ1n) is 7.14. The summed E-state index contributed by atoms with van der Waals surface area (Å²) in [4.78, 5) is 13.3. The fourth-order valence-electron chi connectivity index (χ4n) is 2.59. The van der Waals surface area contributed by atoms with Crippen LogP contribution in [-0.4, -0.2) is 15.0 Å². The lowest BCUT2D eigenvalue weighted by molar-refractivity contribution is 1.11. The molecule has 1 aliphatic carbocycles. The molecule has 1 aliphatic rings. The molecule has 104 valence electrons. The Balaban J connectivity index is 1.77. The maximum absolute atomic E-state index is 4.82. The molecule has 4 heteroatoms. The van der Waals surface area contributed by atoms with Crippen LogP contribution >= 0.6 is 11.3 Å². The maximum atomic E-state index is 4.82. The summed E-state index contributed by atoms with van der Waals surface area (Å²) >= 11 is 1.69. The van der Waals surface area contributed by atoms with Crippen LogP contribution in [0, 0.1) is 6.92 Å². The fraction of sp³-hybridized carbons (Fsp3) is 0.235. The van der Waals surface area contributed by atoms with E-state index in [1.807, 2.05) is 30.9 Å². The van der Waals surface area contributed by atoms with E-state index in [9.17, 15) is 0 Å². The van der Waals surface area contributed by atoms with Crippen LogP contribution in [0.1, 0.15) is 29.9 Å². The minimum atomic E-state index is 0.704. The van der Waals surface area contributed by atoms with Crippen molar-refractivity contribution >= 4 is 11.3 Å². The van der Waals surface area contributed by atoms with E-state index in [1.54, 1.807) is 11.3 Å². The molecule has 0 amide bonds. The molecule has 3 nitrogen and oxygen atoms in total. The van der Waals surface area contributed by atoms with Gasteiger partial charge in [-0.15, -0.1) is 11.3 Å². The van der Waals surface area contributed by atoms with Crippen LogP contribution in [-0.2, 0) is 0 Å². The standard InChI is InChI=1S/C17H15N3S/c1-11-4-6-18-8-14(11)16-10-21-17(20-16)15-9-19-7-5-13(15)12-2-3-12/h4-10,12H,2-3H2,1H3. The highest BCUT2D eigenvalue weighted by molar-refractivity contribution is 7.13. The van der Waals surface area contributed by atoms with Crippen LogP contribution < -0.4 is 0 Å². The van der Waals surface area contributed by atoms with Crippen molar-refractivity contribution in [1.29, 1.82) is 0 Å². The highest BCUT2D eigenvalue weighted by atomic mass is 32.1. The molecule has 0 bridgehead atoms. The van der Waals surface area contributed by atoms with Gasteiger partial charge in [0, 0.05) is 41.3 Å². The van der Waals surface area contributed by atoms with E-state index in [0.717, 1.165) is 16.3 Å². The Labute approximate surface area is 127 Å². The molecule has 0 saturated heterocycles. The number of aromatic nitrogens is 3. The van der Waals surface area contributed by atoms with Gasteiger partial charge in [-0.25, -0.2) is 4.98 Å². The SMILES string of the molecule is Cc1ccncc1-c1csc(-c2cnccc2C2CC2)n1. The molecule has 1 fully saturated rings. The molecule has 3 aromatic rings. The quantitative estimate of drug-likeness (QED) is 0.716. The summed E-state index contributed by atoms with van der Waals surface area (Å²) < 4.78 is 0. The van der Waals surface area contributed by atoms with E-state index in [0.29, 0.717) is 5.92 Å². The Kier molecular flexibility index (Phi) is 3.04. The smallest absolute Gasteiger partial charge is 0.125 e. The summed E-state index contributed by atoms with van der Waals surface area (Å²) in [6, 6.07) is 4.16. The van der Waals surface area contributed by atoms with Crippen molar-refractivity contribution in [2.75, 3.05) is 0 Å². The lowest BCUT2D eigenvalue weighted by Crippen LogP contribution is -1.89. The number of hydrogen-bond acceptors (Lipinski definition) is 4. The summed E-state index contributed by atoms with van der Waals surface area (Å²) in [5, 5.41) is 3.17. The topological polar surface area (TPSA) is 38.7 Å². The number of hydrogen-bond donors (Lipinski definition) is 0. The molecule has 4 rings (SSSR count). The highest BCUT2D eigenvalue weighted by Crippen LogP contribution is 2.44. The van der Waals surface area contributed by atoms with Crippen molar-refractivity contribution in [3.8, 4) is 21.8 Å². The first kappa shape index (κ1) is 12.7. The second-order valence-electron chi connectivity index (χ2n) is 5.47. The molecule has 3 aromatic heterocycles. The van der Waals surface area contributed by atoms with E-state index >= 15 is 0 Å². The summed E-state index contributed by atoms with van der Waals surface area (Å²) in [5.74, 6) is 0.704. The average Bonchev–Trinajstić information content (AvgIpc) is 3.25. The molecular weight excluding hydrogens is 278 g/mol. The highest BCUT2D eigenvalue weighted by Gasteiger charge is 2.27. The van der Waals surface area contributed by atoms with Gasteiger partial charge in [0.2, 0.25) is 0 Å². The summed E-state index contributed by atoms with van der Waals surface area (Å²) in [6.07, 6.45) is 10.1. The Morgan fingerprint density at radius 1 is 1.05 bits per heavy atom. The van der Waals surface area contributed by atoms with Gasteiger partial charge in [0.15, 0.2) is 0 Å². The van der Waals surface area contributed by atoms with Gasteiger partial charge in [0.05, 0.1) is 5.69 Å². The predicted octanol–water partition coefficient (Wildman–Crippen LogP) is 4.45. The predicted molar refractivity (Wildman–Crippen MR) is 85.3 cm³/mol. The molecule has 1 saturated carbocycles. The third kappa shape index (κ3) is 2.36. The van der Waals surface area contributed by atoms with Gasteiger partial charge in [-0.3, -0.25) is 9.97 Å². The van der Waals surface area contributed by atoms with Crippen LogP contribution in [0.25, 0.3) is 21.8 Å². The van der Waals surface area contributed by atoms with E-state index in [-0.39, 0.29) is 0 Å². The third-order valence-corrected chi connectivity index (χ3v) is 4.80. The maximum Gasteiger partial charge on any atom is 0.125 e. The minimum absolute atomic E-state index is 0.704. The normalized spacial score (nSPS) is 14.3. The zero-order valence-electron chi connectivity index (χ0n) is 11.8. The van der Waals surface area contributed by atoms with Crippen molar-refractivity contribution in [2.45, 2.75) is 25.7 Å². The van der Waals surface area contributed by atoms with E-state index in [2.05, 4.69) is 28.3 Å². The van der Waals surface area contributed by atoms with Gasteiger partial charge in [0.1, 0.15) is 5.01 Å². The van der Waals surface area contributed by atoms with E-state index in [1.165, 1.54) is 29.5 Å². The summed E-state index contributed by atoms with van der Waals surface area (Å²) in [5.41, 5.74) is 5.91. The molecule has 0 aliphatic heterocycles. The lowest BCUT2D eigenvalue weighted by Gasteiger charge is -2.04. The lowest BCUT2D eigenvalue weighted by atomic mass is 10.1. The molecule has 0 aromatic carbocycles. The van der Waals surface area contributed by atoms with Crippen molar-refractivity contribution in [2.24, 2.45) is 0 Å². The average molecular weight is 293 g/mol. The monoisotopic (exact) mass is 293 g/mol. The Morgan fingerprint density at radius 2 is 1.81 bits per heavy atom. The van der Waals surface area contributed by atoms with Gasteiger partial charge in [-0.05, 0) is 48.9 Å². The molecule has 0 atom stereocenters. The van der Waals surface area contributed by atoms with E-state index < -0.39 is 0 Å². The number of pyridine rings is 2. The van der Waals surface area contributed by atoms with Gasteiger partial charge >= 0.3 is 0 Å². The Bertz CT molecular complexity index is 790. The molecule has 0 spiro atoms. The van der Waals surface area contributed by atoms with Crippen LogP contribution in [0.2, 0.25) is 0 Å². The Hall–Kier alpha value is -2.07. The van der Waals surface area contributed by atoms with Crippen LogP contribution in [0.15, 0.2) is 42.3 Å². The van der Waals surface area contributed by atoms with E-state index in [4.69, 9.17) is 4.98 Å².